The Morgan fingerprint density at radius 1 is 1.28 bits per heavy atom. The van der Waals surface area contributed by atoms with E-state index in [1.807, 2.05) is 28.7 Å². The summed E-state index contributed by atoms with van der Waals surface area (Å²) in [5, 5.41) is 12.7. The van der Waals surface area contributed by atoms with Crippen molar-refractivity contribution in [3.63, 3.8) is 0 Å². The fraction of sp³-hybridized carbons (Fsp3) is 0.364. The fourth-order valence-electron chi connectivity index (χ4n) is 4.00. The van der Waals surface area contributed by atoms with Gasteiger partial charge in [-0.2, -0.15) is 0 Å². The molecule has 1 aromatic carbocycles. The van der Waals surface area contributed by atoms with E-state index in [2.05, 4.69) is 22.4 Å². The topological polar surface area (TPSA) is 85.6 Å². The van der Waals surface area contributed by atoms with Crippen LogP contribution in [0.2, 0.25) is 0 Å². The van der Waals surface area contributed by atoms with Gasteiger partial charge in [0.2, 0.25) is 10.9 Å². The average Bonchev–Trinajstić information content (AvgIpc) is 3.43. The second-order valence-electron chi connectivity index (χ2n) is 7.78. The minimum atomic E-state index is -0.355. The van der Waals surface area contributed by atoms with Crippen LogP contribution in [0.1, 0.15) is 41.1 Å². The second-order valence-corrected chi connectivity index (χ2v) is 10.8. The van der Waals surface area contributed by atoms with Gasteiger partial charge in [0.15, 0.2) is 5.16 Å². The van der Waals surface area contributed by atoms with Gasteiger partial charge in [0.1, 0.15) is 5.00 Å². The number of thiazole rings is 1. The van der Waals surface area contributed by atoms with Crippen LogP contribution in [-0.2, 0) is 22.4 Å². The van der Waals surface area contributed by atoms with Crippen molar-refractivity contribution in [3.05, 3.63) is 40.3 Å². The Morgan fingerprint density at radius 2 is 2.12 bits per heavy atom. The number of carbonyl (C=O) groups is 2. The third-order valence-electron chi connectivity index (χ3n) is 5.49. The predicted octanol–water partition coefficient (Wildman–Crippen LogP) is 5.04. The third kappa shape index (κ3) is 3.91. The lowest BCUT2D eigenvalue weighted by molar-refractivity contribution is -0.113. The van der Waals surface area contributed by atoms with Crippen LogP contribution in [-0.4, -0.2) is 38.8 Å². The van der Waals surface area contributed by atoms with Crippen LogP contribution >= 0.6 is 34.4 Å². The quantitative estimate of drug-likeness (QED) is 0.304. The number of carbonyl (C=O) groups excluding carboxylic acids is 2. The van der Waals surface area contributed by atoms with Gasteiger partial charge in [-0.1, -0.05) is 42.2 Å². The summed E-state index contributed by atoms with van der Waals surface area (Å²) in [4.78, 5) is 27.5. The third-order valence-corrected chi connectivity index (χ3v) is 8.60. The molecular weight excluding hydrogens is 464 g/mol. The van der Waals surface area contributed by atoms with Crippen LogP contribution in [0.15, 0.2) is 29.4 Å². The molecule has 10 heteroatoms. The Morgan fingerprint density at radius 3 is 2.97 bits per heavy atom. The highest BCUT2D eigenvalue weighted by Crippen LogP contribution is 2.40. The molecule has 1 aliphatic carbocycles. The molecule has 0 fully saturated rings. The lowest BCUT2D eigenvalue weighted by atomic mass is 9.88. The number of hydrogen-bond acceptors (Lipinski definition) is 8. The Kier molecular flexibility index (Phi) is 5.92. The van der Waals surface area contributed by atoms with E-state index in [0.29, 0.717) is 28.2 Å². The molecule has 3 aromatic heterocycles. The molecule has 3 heterocycles. The van der Waals surface area contributed by atoms with Crippen molar-refractivity contribution in [2.45, 2.75) is 38.3 Å². The molecule has 166 valence electrons. The van der Waals surface area contributed by atoms with Gasteiger partial charge in [0, 0.05) is 4.88 Å². The number of nitrogens with one attached hydrogen (secondary N) is 1. The molecule has 0 radical (unpaired) electrons. The SMILES string of the molecule is CCOC(=O)c1c(NC(=O)CSc2nnc3sc4ccccc4n23)sc2c1CC[C@H](C)C2. The van der Waals surface area contributed by atoms with E-state index < -0.39 is 0 Å². The minimum absolute atomic E-state index is 0.173. The van der Waals surface area contributed by atoms with E-state index in [0.717, 1.165) is 40.0 Å². The Hall–Kier alpha value is -2.43. The molecule has 0 saturated heterocycles. The highest BCUT2D eigenvalue weighted by molar-refractivity contribution is 7.99. The van der Waals surface area contributed by atoms with E-state index in [1.54, 1.807) is 18.3 Å². The van der Waals surface area contributed by atoms with Crippen molar-refractivity contribution < 1.29 is 14.3 Å². The summed E-state index contributed by atoms with van der Waals surface area (Å²) in [7, 11) is 0. The first-order valence-corrected chi connectivity index (χ1v) is 13.1. The summed E-state index contributed by atoms with van der Waals surface area (Å²) in [6.45, 7) is 4.32. The molecule has 0 saturated carbocycles. The van der Waals surface area contributed by atoms with E-state index in [9.17, 15) is 9.59 Å². The highest BCUT2D eigenvalue weighted by Gasteiger charge is 2.29. The molecule has 7 nitrogen and oxygen atoms in total. The van der Waals surface area contributed by atoms with Crippen LogP contribution in [0.4, 0.5) is 5.00 Å². The summed E-state index contributed by atoms with van der Waals surface area (Å²) in [5.41, 5.74) is 2.61. The molecule has 0 aliphatic heterocycles. The van der Waals surface area contributed by atoms with E-state index in [1.165, 1.54) is 28.0 Å². The molecule has 0 bridgehead atoms. The van der Waals surface area contributed by atoms with Crippen molar-refractivity contribution in [2.75, 3.05) is 17.7 Å². The first-order valence-electron chi connectivity index (χ1n) is 10.5. The van der Waals surface area contributed by atoms with Crippen LogP contribution in [0.25, 0.3) is 15.2 Å². The van der Waals surface area contributed by atoms with Gasteiger partial charge >= 0.3 is 5.97 Å². The zero-order chi connectivity index (χ0) is 22.2. The van der Waals surface area contributed by atoms with Gasteiger partial charge < -0.3 is 10.1 Å². The number of thioether (sulfide) groups is 1. The number of para-hydroxylation sites is 1. The summed E-state index contributed by atoms with van der Waals surface area (Å²) in [5.74, 6) is 0.215. The molecule has 0 spiro atoms. The lowest BCUT2D eigenvalue weighted by Gasteiger charge is -2.18. The van der Waals surface area contributed by atoms with Crippen LogP contribution in [0.5, 0.6) is 0 Å². The van der Waals surface area contributed by atoms with Crippen molar-refractivity contribution in [1.29, 1.82) is 0 Å². The molecule has 5 rings (SSSR count). The van der Waals surface area contributed by atoms with E-state index in [-0.39, 0.29) is 17.6 Å². The van der Waals surface area contributed by atoms with Crippen LogP contribution in [0.3, 0.4) is 0 Å². The summed E-state index contributed by atoms with van der Waals surface area (Å²) in [6.07, 6.45) is 2.81. The summed E-state index contributed by atoms with van der Waals surface area (Å²) >= 11 is 4.41. The zero-order valence-electron chi connectivity index (χ0n) is 17.7. The van der Waals surface area contributed by atoms with Crippen molar-refractivity contribution >= 4 is 66.5 Å². The molecule has 1 amide bonds. The van der Waals surface area contributed by atoms with Gasteiger partial charge in [-0.05, 0) is 49.8 Å². The Bertz CT molecular complexity index is 1320. The molecular formula is C22H22N4O3S3. The standard InChI is InChI=1S/C22H22N4O3S3/c1-3-29-20(28)18-13-9-8-12(2)10-16(13)31-19(18)23-17(27)11-30-21-24-25-22-26(21)14-6-4-5-7-15(14)32-22/h4-7,12H,3,8-11H2,1-2H3,(H,23,27)/t12-/m0/s1. The van der Waals surface area contributed by atoms with Crippen LogP contribution in [0, 0.1) is 5.92 Å². The second kappa shape index (κ2) is 8.84. The number of nitrogens with zero attached hydrogens (tertiary/aromatic N) is 3. The van der Waals surface area contributed by atoms with Crippen molar-refractivity contribution in [1.82, 2.24) is 14.6 Å². The summed E-state index contributed by atoms with van der Waals surface area (Å²) < 4.78 is 8.40. The van der Waals surface area contributed by atoms with E-state index >= 15 is 0 Å². The predicted molar refractivity (Wildman–Crippen MR) is 129 cm³/mol. The number of anilines is 1. The maximum Gasteiger partial charge on any atom is 0.341 e. The number of benzene rings is 1. The van der Waals surface area contributed by atoms with Crippen molar-refractivity contribution in [3.8, 4) is 0 Å². The molecule has 1 N–H and O–H groups in total. The maximum absolute atomic E-state index is 12.8. The smallest absolute Gasteiger partial charge is 0.341 e. The number of fused-ring (bicyclic) bond motifs is 4. The normalized spacial score (nSPS) is 15.8. The first kappa shape index (κ1) is 21.4. The van der Waals surface area contributed by atoms with Crippen LogP contribution < -0.4 is 5.32 Å². The molecule has 4 aromatic rings. The largest absolute Gasteiger partial charge is 0.462 e. The van der Waals surface area contributed by atoms with Gasteiger partial charge in [-0.3, -0.25) is 9.20 Å². The number of rotatable bonds is 6. The highest BCUT2D eigenvalue weighted by atomic mass is 32.2. The summed E-state index contributed by atoms with van der Waals surface area (Å²) in [6, 6.07) is 8.04. The number of thiophene rings is 1. The lowest BCUT2D eigenvalue weighted by Crippen LogP contribution is -2.17. The zero-order valence-corrected chi connectivity index (χ0v) is 20.2. The van der Waals surface area contributed by atoms with Gasteiger partial charge in [-0.25, -0.2) is 4.79 Å². The minimum Gasteiger partial charge on any atom is -0.462 e. The number of aromatic nitrogens is 3. The van der Waals surface area contributed by atoms with E-state index in [4.69, 9.17) is 4.74 Å². The Labute approximate surface area is 197 Å². The number of hydrogen-bond donors (Lipinski definition) is 1. The Balaban J connectivity index is 1.35. The van der Waals surface area contributed by atoms with Gasteiger partial charge in [-0.15, -0.1) is 21.5 Å². The molecule has 1 atom stereocenters. The number of amides is 1. The number of ether oxygens (including phenoxy) is 1. The maximum atomic E-state index is 12.8. The van der Waals surface area contributed by atoms with Crippen molar-refractivity contribution in [2.24, 2.45) is 5.92 Å². The average molecular weight is 487 g/mol. The molecule has 32 heavy (non-hydrogen) atoms. The fourth-order valence-corrected chi connectivity index (χ4v) is 7.18. The molecule has 0 unspecified atom stereocenters. The molecule has 1 aliphatic rings. The monoisotopic (exact) mass is 486 g/mol. The first-order chi connectivity index (χ1) is 15.5. The number of esters is 1. The van der Waals surface area contributed by atoms with Gasteiger partial charge in [0.05, 0.1) is 28.1 Å². The van der Waals surface area contributed by atoms with Gasteiger partial charge in [0.25, 0.3) is 0 Å².